The number of nitrogens with zero attached hydrogens (tertiary/aromatic N) is 1. The van der Waals surface area contributed by atoms with E-state index >= 15 is 0 Å². The Labute approximate surface area is 141 Å². The van der Waals surface area contributed by atoms with Gasteiger partial charge in [0, 0.05) is 12.1 Å². The Balaban J connectivity index is 2.26. The van der Waals surface area contributed by atoms with Crippen LogP contribution < -0.4 is 10.0 Å². The van der Waals surface area contributed by atoms with Crippen LogP contribution in [0.2, 0.25) is 0 Å². The number of hydrogen-bond donors (Lipinski definition) is 2. The van der Waals surface area contributed by atoms with Gasteiger partial charge in [0.2, 0.25) is 0 Å². The molecule has 24 heavy (non-hydrogen) atoms. The van der Waals surface area contributed by atoms with E-state index in [1.165, 1.54) is 24.3 Å². The van der Waals surface area contributed by atoms with Gasteiger partial charge in [-0.15, -0.1) is 0 Å². The van der Waals surface area contributed by atoms with E-state index in [-0.39, 0.29) is 22.1 Å². The summed E-state index contributed by atoms with van der Waals surface area (Å²) in [5.41, 5.74) is 0.912. The molecule has 2 rings (SSSR count). The fourth-order valence-electron chi connectivity index (χ4n) is 2.01. The van der Waals surface area contributed by atoms with Gasteiger partial charge in [-0.05, 0) is 42.8 Å². The average Bonchev–Trinajstić information content (AvgIpc) is 2.59. The zero-order valence-corrected chi connectivity index (χ0v) is 13.9. The zero-order valence-electron chi connectivity index (χ0n) is 13.1. The molecule has 0 spiro atoms. The van der Waals surface area contributed by atoms with Crippen LogP contribution in [0, 0.1) is 11.3 Å². The van der Waals surface area contributed by atoms with Crippen LogP contribution in [0.1, 0.15) is 29.3 Å². The number of amides is 1. The van der Waals surface area contributed by atoms with Gasteiger partial charge in [-0.1, -0.05) is 19.1 Å². The van der Waals surface area contributed by atoms with Crippen molar-refractivity contribution in [2.45, 2.75) is 18.2 Å². The van der Waals surface area contributed by atoms with Gasteiger partial charge in [-0.2, -0.15) is 5.26 Å². The smallest absolute Gasteiger partial charge is 0.261 e. The number of sulfonamides is 1. The molecule has 1 amide bonds. The van der Waals surface area contributed by atoms with Crippen molar-refractivity contribution in [3.63, 3.8) is 0 Å². The minimum atomic E-state index is -3.85. The maximum absolute atomic E-state index is 12.5. The number of benzene rings is 2. The molecule has 0 aliphatic heterocycles. The SMILES string of the molecule is CCCNC(=O)c1cccc(S(=O)(=O)Nc2cccc(C#N)c2)c1. The molecule has 2 aromatic carbocycles. The second-order valence-corrected chi connectivity index (χ2v) is 6.76. The minimum Gasteiger partial charge on any atom is -0.352 e. The Morgan fingerprint density at radius 1 is 1.17 bits per heavy atom. The lowest BCUT2D eigenvalue weighted by Crippen LogP contribution is -2.24. The van der Waals surface area contributed by atoms with Gasteiger partial charge in [0.15, 0.2) is 0 Å². The number of rotatable bonds is 6. The number of carbonyl (C=O) groups excluding carboxylic acids is 1. The second kappa shape index (κ2) is 7.62. The highest BCUT2D eigenvalue weighted by Crippen LogP contribution is 2.18. The zero-order chi connectivity index (χ0) is 17.6. The fraction of sp³-hybridized carbons (Fsp3) is 0.176. The number of hydrogen-bond acceptors (Lipinski definition) is 4. The third kappa shape index (κ3) is 4.33. The molecule has 0 saturated carbocycles. The number of anilines is 1. The first-order valence-electron chi connectivity index (χ1n) is 7.37. The molecular formula is C17H17N3O3S. The summed E-state index contributed by atoms with van der Waals surface area (Å²) in [6, 6.07) is 13.9. The Hall–Kier alpha value is -2.85. The monoisotopic (exact) mass is 343 g/mol. The standard InChI is InChI=1S/C17H17N3O3S/c1-2-9-19-17(21)14-6-4-8-16(11-14)24(22,23)20-15-7-3-5-13(10-15)12-18/h3-8,10-11,20H,2,9H2,1H3,(H,19,21). The summed E-state index contributed by atoms with van der Waals surface area (Å²) in [7, 11) is -3.85. The van der Waals surface area contributed by atoms with E-state index in [1.54, 1.807) is 24.3 Å². The Bertz CT molecular complexity index is 886. The summed E-state index contributed by atoms with van der Waals surface area (Å²) >= 11 is 0. The molecule has 0 bridgehead atoms. The van der Waals surface area contributed by atoms with Crippen LogP contribution in [0.15, 0.2) is 53.4 Å². The highest BCUT2D eigenvalue weighted by molar-refractivity contribution is 7.92. The highest BCUT2D eigenvalue weighted by atomic mass is 32.2. The molecule has 7 heteroatoms. The molecule has 0 aromatic heterocycles. The van der Waals surface area contributed by atoms with Crippen molar-refractivity contribution in [3.8, 4) is 6.07 Å². The van der Waals surface area contributed by atoms with Gasteiger partial charge in [0.25, 0.3) is 15.9 Å². The third-order valence-electron chi connectivity index (χ3n) is 3.19. The van der Waals surface area contributed by atoms with Crippen molar-refractivity contribution < 1.29 is 13.2 Å². The summed E-state index contributed by atoms with van der Waals surface area (Å²) in [4.78, 5) is 11.9. The van der Waals surface area contributed by atoms with Crippen LogP contribution in [0.3, 0.4) is 0 Å². The molecule has 124 valence electrons. The topological polar surface area (TPSA) is 99.1 Å². The summed E-state index contributed by atoms with van der Waals surface area (Å²) in [5, 5.41) is 11.6. The summed E-state index contributed by atoms with van der Waals surface area (Å²) < 4.78 is 27.3. The molecule has 0 aliphatic carbocycles. The predicted molar refractivity (Wildman–Crippen MR) is 91.0 cm³/mol. The van der Waals surface area contributed by atoms with Crippen LogP contribution >= 0.6 is 0 Å². The lowest BCUT2D eigenvalue weighted by atomic mass is 10.2. The first-order chi connectivity index (χ1) is 11.5. The van der Waals surface area contributed by atoms with E-state index in [4.69, 9.17) is 5.26 Å². The van der Waals surface area contributed by atoms with Gasteiger partial charge in [0.1, 0.15) is 0 Å². The summed E-state index contributed by atoms with van der Waals surface area (Å²) in [5.74, 6) is -0.319. The average molecular weight is 343 g/mol. The first kappa shape index (κ1) is 17.5. The van der Waals surface area contributed by atoms with Gasteiger partial charge in [-0.3, -0.25) is 9.52 Å². The van der Waals surface area contributed by atoms with E-state index in [2.05, 4.69) is 10.0 Å². The molecule has 0 atom stereocenters. The van der Waals surface area contributed by atoms with Crippen LogP contribution in [0.5, 0.6) is 0 Å². The second-order valence-electron chi connectivity index (χ2n) is 5.08. The summed E-state index contributed by atoms with van der Waals surface area (Å²) in [6.45, 7) is 2.45. The number of nitriles is 1. The van der Waals surface area contributed by atoms with Crippen LogP contribution in [-0.2, 0) is 10.0 Å². The van der Waals surface area contributed by atoms with Crippen molar-refractivity contribution in [1.29, 1.82) is 5.26 Å². The Morgan fingerprint density at radius 2 is 1.92 bits per heavy atom. The molecule has 2 N–H and O–H groups in total. The van der Waals surface area contributed by atoms with Gasteiger partial charge in [-0.25, -0.2) is 8.42 Å². The molecule has 0 radical (unpaired) electrons. The molecule has 2 aromatic rings. The minimum absolute atomic E-state index is 0.0194. The third-order valence-corrected chi connectivity index (χ3v) is 4.56. The quantitative estimate of drug-likeness (QED) is 0.842. The van der Waals surface area contributed by atoms with Crippen molar-refractivity contribution in [1.82, 2.24) is 5.32 Å². The molecule has 0 unspecified atom stereocenters. The van der Waals surface area contributed by atoms with E-state index in [9.17, 15) is 13.2 Å². The number of nitrogens with one attached hydrogen (secondary N) is 2. The molecule has 0 aliphatic rings. The van der Waals surface area contributed by atoms with Crippen LogP contribution in [0.25, 0.3) is 0 Å². The fourth-order valence-corrected chi connectivity index (χ4v) is 3.11. The van der Waals surface area contributed by atoms with Crippen molar-refractivity contribution in [2.24, 2.45) is 0 Å². The normalized spacial score (nSPS) is 10.7. The van der Waals surface area contributed by atoms with Gasteiger partial charge >= 0.3 is 0 Å². The maximum atomic E-state index is 12.5. The largest absolute Gasteiger partial charge is 0.352 e. The van der Waals surface area contributed by atoms with Crippen molar-refractivity contribution in [2.75, 3.05) is 11.3 Å². The molecule has 0 saturated heterocycles. The molecule has 6 nitrogen and oxygen atoms in total. The molecular weight excluding hydrogens is 326 g/mol. The van der Waals surface area contributed by atoms with Gasteiger partial charge < -0.3 is 5.32 Å². The predicted octanol–water partition coefficient (Wildman–Crippen LogP) is 2.50. The lowest BCUT2D eigenvalue weighted by Gasteiger charge is -2.10. The molecule has 0 heterocycles. The van der Waals surface area contributed by atoms with E-state index in [1.807, 2.05) is 13.0 Å². The highest BCUT2D eigenvalue weighted by Gasteiger charge is 2.16. The summed E-state index contributed by atoms with van der Waals surface area (Å²) in [6.07, 6.45) is 0.792. The Kier molecular flexibility index (Phi) is 5.55. The lowest BCUT2D eigenvalue weighted by molar-refractivity contribution is 0.0953. The van der Waals surface area contributed by atoms with Crippen LogP contribution in [0.4, 0.5) is 5.69 Å². The van der Waals surface area contributed by atoms with E-state index < -0.39 is 10.0 Å². The maximum Gasteiger partial charge on any atom is 0.261 e. The van der Waals surface area contributed by atoms with E-state index in [0.29, 0.717) is 12.1 Å². The van der Waals surface area contributed by atoms with E-state index in [0.717, 1.165) is 6.42 Å². The first-order valence-corrected chi connectivity index (χ1v) is 8.86. The number of carbonyl (C=O) groups is 1. The van der Waals surface area contributed by atoms with Crippen molar-refractivity contribution >= 4 is 21.6 Å². The van der Waals surface area contributed by atoms with Crippen LogP contribution in [-0.4, -0.2) is 20.9 Å². The molecule has 0 fully saturated rings. The Morgan fingerprint density at radius 3 is 2.62 bits per heavy atom. The van der Waals surface area contributed by atoms with Gasteiger partial charge in [0.05, 0.1) is 22.2 Å². The van der Waals surface area contributed by atoms with Crippen molar-refractivity contribution in [3.05, 3.63) is 59.7 Å².